The molecule has 0 unspecified atom stereocenters. The van der Waals surface area contributed by atoms with E-state index in [-0.39, 0.29) is 32.5 Å². The first-order valence-electron chi connectivity index (χ1n) is 10.1. The van der Waals surface area contributed by atoms with Gasteiger partial charge in [-0.1, -0.05) is 53.5 Å². The molecule has 3 rings (SSSR count). The summed E-state index contributed by atoms with van der Waals surface area (Å²) >= 11 is 12.1. The number of carboxylic acid groups (broad SMARTS) is 1. The lowest BCUT2D eigenvalue weighted by Crippen LogP contribution is -2.42. The minimum atomic E-state index is -3.69. The van der Waals surface area contributed by atoms with Crippen LogP contribution in [0.3, 0.4) is 0 Å². The lowest BCUT2D eigenvalue weighted by Gasteiger charge is -2.16. The van der Waals surface area contributed by atoms with Gasteiger partial charge >= 0.3 is 5.97 Å². The molecule has 3 aromatic rings. The molecule has 0 saturated carbocycles. The van der Waals surface area contributed by atoms with Crippen LogP contribution in [0.4, 0.5) is 5.69 Å². The highest BCUT2D eigenvalue weighted by atomic mass is 35.5. The summed E-state index contributed by atoms with van der Waals surface area (Å²) in [5, 5.41) is 15.0. The lowest BCUT2D eigenvalue weighted by molar-refractivity contribution is -0.139. The number of aliphatic carboxylic acids is 1. The molecule has 0 fully saturated rings. The fraction of sp³-hybridized carbons (Fsp3) is 0.125. The quantitative estimate of drug-likeness (QED) is 0.399. The van der Waals surface area contributed by atoms with Crippen molar-refractivity contribution in [3.63, 3.8) is 0 Å². The number of carboxylic acids is 1. The minimum absolute atomic E-state index is 0.0767. The van der Waals surface area contributed by atoms with Crippen LogP contribution >= 0.6 is 23.2 Å². The molecule has 0 saturated heterocycles. The van der Waals surface area contributed by atoms with Gasteiger partial charge in [0.1, 0.15) is 6.04 Å². The van der Waals surface area contributed by atoms with Gasteiger partial charge in [0.15, 0.2) is 9.84 Å². The molecule has 182 valence electrons. The second-order valence-corrected chi connectivity index (χ2v) is 10.4. The molecule has 8 nitrogen and oxygen atoms in total. The predicted octanol–water partition coefficient (Wildman–Crippen LogP) is 4.07. The van der Waals surface area contributed by atoms with Crippen molar-refractivity contribution in [1.29, 1.82) is 0 Å². The SMILES string of the molecule is CS(=O)(=O)c1ccccc1C(=O)N[C@@H](Cc1ccc(NC(=O)c2c(Cl)cccc2Cl)cc1)C(=O)O. The molecule has 0 aliphatic rings. The van der Waals surface area contributed by atoms with E-state index in [1.54, 1.807) is 42.5 Å². The Labute approximate surface area is 211 Å². The second kappa shape index (κ2) is 10.9. The van der Waals surface area contributed by atoms with Crippen LogP contribution in [0.1, 0.15) is 26.3 Å². The Bertz CT molecular complexity index is 1370. The Morgan fingerprint density at radius 2 is 1.49 bits per heavy atom. The second-order valence-electron chi connectivity index (χ2n) is 7.58. The van der Waals surface area contributed by atoms with E-state index in [2.05, 4.69) is 10.6 Å². The van der Waals surface area contributed by atoms with Gasteiger partial charge in [-0.05, 0) is 42.0 Å². The third-order valence-corrected chi connectivity index (χ3v) is 6.76. The van der Waals surface area contributed by atoms with Crippen LogP contribution in [0, 0.1) is 0 Å². The molecule has 0 aliphatic heterocycles. The van der Waals surface area contributed by atoms with Crippen LogP contribution < -0.4 is 10.6 Å². The molecule has 2 amide bonds. The molecule has 0 aliphatic carbocycles. The zero-order valence-electron chi connectivity index (χ0n) is 18.3. The number of rotatable bonds is 8. The Morgan fingerprint density at radius 1 is 0.886 bits per heavy atom. The predicted molar refractivity (Wildman–Crippen MR) is 133 cm³/mol. The molecule has 0 radical (unpaired) electrons. The Hall–Kier alpha value is -3.40. The highest BCUT2D eigenvalue weighted by molar-refractivity contribution is 7.90. The number of sulfone groups is 1. The zero-order chi connectivity index (χ0) is 25.8. The number of carbonyl (C=O) groups excluding carboxylic acids is 2. The van der Waals surface area contributed by atoms with Gasteiger partial charge in [-0.25, -0.2) is 13.2 Å². The van der Waals surface area contributed by atoms with Gasteiger partial charge in [0.25, 0.3) is 11.8 Å². The molecular weight excluding hydrogens is 515 g/mol. The van der Waals surface area contributed by atoms with Gasteiger partial charge in [0.05, 0.1) is 26.1 Å². The van der Waals surface area contributed by atoms with Crippen LogP contribution in [0.2, 0.25) is 10.0 Å². The smallest absolute Gasteiger partial charge is 0.326 e. The van der Waals surface area contributed by atoms with Crippen molar-refractivity contribution in [2.45, 2.75) is 17.4 Å². The van der Waals surface area contributed by atoms with Crippen LogP contribution in [-0.2, 0) is 21.1 Å². The number of hydrogen-bond donors (Lipinski definition) is 3. The third kappa shape index (κ3) is 6.60. The van der Waals surface area contributed by atoms with Crippen LogP contribution in [0.5, 0.6) is 0 Å². The fourth-order valence-electron chi connectivity index (χ4n) is 3.28. The summed E-state index contributed by atoms with van der Waals surface area (Å²) in [5.41, 5.74) is 0.969. The summed E-state index contributed by atoms with van der Waals surface area (Å²) in [4.78, 5) is 36.8. The maximum absolute atomic E-state index is 12.7. The molecule has 0 bridgehead atoms. The van der Waals surface area contributed by atoms with E-state index < -0.39 is 33.7 Å². The van der Waals surface area contributed by atoms with Gasteiger partial charge in [0, 0.05) is 18.4 Å². The van der Waals surface area contributed by atoms with Gasteiger partial charge in [-0.2, -0.15) is 0 Å². The lowest BCUT2D eigenvalue weighted by atomic mass is 10.0. The van der Waals surface area contributed by atoms with Gasteiger partial charge in [0.2, 0.25) is 0 Å². The molecule has 0 aromatic heterocycles. The van der Waals surface area contributed by atoms with Crippen molar-refractivity contribution in [3.8, 4) is 0 Å². The van der Waals surface area contributed by atoms with Crippen molar-refractivity contribution in [2.24, 2.45) is 0 Å². The first kappa shape index (κ1) is 26.2. The van der Waals surface area contributed by atoms with Crippen LogP contribution in [-0.4, -0.2) is 43.6 Å². The largest absolute Gasteiger partial charge is 0.480 e. The molecule has 35 heavy (non-hydrogen) atoms. The number of benzene rings is 3. The van der Waals surface area contributed by atoms with E-state index in [9.17, 15) is 27.9 Å². The van der Waals surface area contributed by atoms with E-state index in [4.69, 9.17) is 23.2 Å². The Morgan fingerprint density at radius 3 is 2.06 bits per heavy atom. The molecule has 0 heterocycles. The van der Waals surface area contributed by atoms with Crippen LogP contribution in [0.25, 0.3) is 0 Å². The van der Waals surface area contributed by atoms with Crippen molar-refractivity contribution >= 4 is 56.5 Å². The summed E-state index contributed by atoms with van der Waals surface area (Å²) in [6.07, 6.45) is 0.889. The maximum atomic E-state index is 12.7. The first-order valence-corrected chi connectivity index (χ1v) is 12.8. The number of hydrogen-bond acceptors (Lipinski definition) is 5. The molecule has 3 aromatic carbocycles. The zero-order valence-corrected chi connectivity index (χ0v) is 20.6. The number of nitrogens with one attached hydrogen (secondary N) is 2. The van der Waals surface area contributed by atoms with E-state index >= 15 is 0 Å². The maximum Gasteiger partial charge on any atom is 0.326 e. The van der Waals surface area contributed by atoms with Crippen molar-refractivity contribution in [2.75, 3.05) is 11.6 Å². The minimum Gasteiger partial charge on any atom is -0.480 e. The molecule has 3 N–H and O–H groups in total. The highest BCUT2D eigenvalue weighted by Crippen LogP contribution is 2.25. The fourth-order valence-corrected chi connectivity index (χ4v) is 4.74. The molecular formula is C24H20Cl2N2O6S. The van der Waals surface area contributed by atoms with Crippen molar-refractivity contribution in [1.82, 2.24) is 5.32 Å². The molecule has 11 heteroatoms. The number of amides is 2. The number of anilines is 1. The highest BCUT2D eigenvalue weighted by Gasteiger charge is 2.24. The van der Waals surface area contributed by atoms with Crippen molar-refractivity contribution in [3.05, 3.63) is 93.5 Å². The van der Waals surface area contributed by atoms with E-state index in [1.807, 2.05) is 0 Å². The van der Waals surface area contributed by atoms with Crippen molar-refractivity contribution < 1.29 is 27.9 Å². The summed E-state index contributed by atoms with van der Waals surface area (Å²) in [6, 6.07) is 15.3. The van der Waals surface area contributed by atoms with E-state index in [1.165, 1.54) is 24.3 Å². The molecule has 0 spiro atoms. The summed E-state index contributed by atoms with van der Waals surface area (Å²) in [6.45, 7) is 0. The molecule has 1 atom stereocenters. The normalized spacial score (nSPS) is 12.0. The Balaban J connectivity index is 1.72. The standard InChI is InChI=1S/C24H20Cl2N2O6S/c1-35(33,34)20-8-3-2-5-16(20)22(29)28-19(24(31)32)13-14-9-11-15(12-10-14)27-23(30)21-17(25)6-4-7-18(21)26/h2-12,19H,13H2,1H3,(H,27,30)(H,28,29)(H,31,32)/t19-/m0/s1. The first-order chi connectivity index (χ1) is 16.5. The van der Waals surface area contributed by atoms with Gasteiger partial charge in [-0.3, -0.25) is 9.59 Å². The Kier molecular flexibility index (Phi) is 8.16. The van der Waals surface area contributed by atoms with E-state index in [0.29, 0.717) is 11.3 Å². The number of halogens is 2. The summed E-state index contributed by atoms with van der Waals surface area (Å²) in [7, 11) is -3.69. The monoisotopic (exact) mass is 534 g/mol. The van der Waals surface area contributed by atoms with Gasteiger partial charge in [-0.15, -0.1) is 0 Å². The van der Waals surface area contributed by atoms with Gasteiger partial charge < -0.3 is 15.7 Å². The average Bonchev–Trinajstić information content (AvgIpc) is 2.79. The summed E-state index contributed by atoms with van der Waals surface area (Å²) in [5.74, 6) is -2.62. The van der Waals surface area contributed by atoms with E-state index in [0.717, 1.165) is 6.26 Å². The van der Waals surface area contributed by atoms with Crippen LogP contribution in [0.15, 0.2) is 71.6 Å². The summed E-state index contributed by atoms with van der Waals surface area (Å²) < 4.78 is 23.9. The average molecular weight is 535 g/mol. The topological polar surface area (TPSA) is 130 Å². The third-order valence-electron chi connectivity index (χ3n) is 4.98. The number of carbonyl (C=O) groups is 3.